The molecular formula is C23H20FN3O4. The fourth-order valence-electron chi connectivity index (χ4n) is 3.45. The molecule has 31 heavy (non-hydrogen) atoms. The second kappa shape index (κ2) is 8.74. The second-order valence-electron chi connectivity index (χ2n) is 6.83. The number of methoxy groups -OCH3 is 1. The highest BCUT2D eigenvalue weighted by atomic mass is 19.1. The van der Waals surface area contributed by atoms with E-state index in [1.54, 1.807) is 19.2 Å². The maximum absolute atomic E-state index is 13.6. The van der Waals surface area contributed by atoms with E-state index in [9.17, 15) is 9.18 Å². The molecule has 0 saturated carbocycles. The summed E-state index contributed by atoms with van der Waals surface area (Å²) in [5, 5.41) is 3.35. The highest BCUT2D eigenvalue weighted by molar-refractivity contribution is 5.77. The van der Waals surface area contributed by atoms with Gasteiger partial charge < -0.3 is 19.6 Å². The second-order valence-corrected chi connectivity index (χ2v) is 6.83. The Labute approximate surface area is 178 Å². The van der Waals surface area contributed by atoms with Crippen molar-refractivity contribution < 1.29 is 23.5 Å². The SMILES string of the molecule is COc1cccc(Nc2cccc(C3(c4ccc(F)cc4)COC(NOC=O)=N3)c2)c1. The van der Waals surface area contributed by atoms with Gasteiger partial charge in [0.2, 0.25) is 0 Å². The minimum Gasteiger partial charge on any atom is -0.497 e. The Balaban J connectivity index is 1.72. The van der Waals surface area contributed by atoms with Crippen molar-refractivity contribution in [3.05, 3.63) is 89.7 Å². The van der Waals surface area contributed by atoms with Crippen LogP contribution >= 0.6 is 0 Å². The number of hydroxylamine groups is 1. The number of nitrogens with one attached hydrogen (secondary N) is 2. The normalized spacial score (nSPS) is 17.3. The molecule has 1 aliphatic heterocycles. The molecule has 1 atom stereocenters. The Hall–Kier alpha value is -4.07. The van der Waals surface area contributed by atoms with Crippen LogP contribution in [0.15, 0.2) is 77.8 Å². The predicted molar refractivity (Wildman–Crippen MR) is 114 cm³/mol. The topological polar surface area (TPSA) is 81.2 Å². The Morgan fingerprint density at radius 2 is 1.77 bits per heavy atom. The third-order valence-corrected chi connectivity index (χ3v) is 4.92. The molecule has 0 radical (unpaired) electrons. The van der Waals surface area contributed by atoms with Crippen molar-refractivity contribution in [2.75, 3.05) is 19.0 Å². The van der Waals surface area contributed by atoms with Crippen molar-refractivity contribution in [3.8, 4) is 5.75 Å². The lowest BCUT2D eigenvalue weighted by molar-refractivity contribution is -0.132. The molecule has 0 aliphatic carbocycles. The zero-order chi connectivity index (χ0) is 21.7. The van der Waals surface area contributed by atoms with Crippen LogP contribution in [-0.2, 0) is 19.9 Å². The molecule has 158 valence electrons. The summed E-state index contributed by atoms with van der Waals surface area (Å²) in [6, 6.07) is 21.4. The maximum Gasteiger partial charge on any atom is 0.320 e. The van der Waals surface area contributed by atoms with Crippen molar-refractivity contribution in [3.63, 3.8) is 0 Å². The van der Waals surface area contributed by atoms with Gasteiger partial charge in [-0.15, -0.1) is 0 Å². The molecule has 1 aliphatic rings. The molecule has 1 heterocycles. The van der Waals surface area contributed by atoms with Crippen LogP contribution < -0.4 is 15.5 Å². The van der Waals surface area contributed by atoms with E-state index in [1.165, 1.54) is 12.1 Å². The third-order valence-electron chi connectivity index (χ3n) is 4.92. The number of hydrogen-bond acceptors (Lipinski definition) is 7. The minimum atomic E-state index is -0.950. The quantitative estimate of drug-likeness (QED) is 0.445. The summed E-state index contributed by atoms with van der Waals surface area (Å²) in [4.78, 5) is 19.7. The predicted octanol–water partition coefficient (Wildman–Crippen LogP) is 3.89. The Kier molecular flexibility index (Phi) is 5.70. The fourth-order valence-corrected chi connectivity index (χ4v) is 3.45. The third kappa shape index (κ3) is 4.28. The standard InChI is InChI=1S/C23H20FN3O4/c1-29-21-7-3-6-20(13-21)25-19-5-2-4-17(12-19)23(16-8-10-18(24)11-9-16)14-30-22(26-23)27-31-15-28/h2-13,15,25H,14H2,1H3,(H,26,27). The molecule has 0 spiro atoms. The van der Waals surface area contributed by atoms with Crippen LogP contribution in [0.3, 0.4) is 0 Å². The first-order chi connectivity index (χ1) is 15.1. The first kappa shape index (κ1) is 20.2. The lowest BCUT2D eigenvalue weighted by Gasteiger charge is -2.26. The number of rotatable bonds is 7. The van der Waals surface area contributed by atoms with Gasteiger partial charge >= 0.3 is 12.5 Å². The lowest BCUT2D eigenvalue weighted by atomic mass is 9.84. The number of carbonyl (C=O) groups is 1. The molecule has 2 N–H and O–H groups in total. The van der Waals surface area contributed by atoms with E-state index in [2.05, 4.69) is 20.6 Å². The molecule has 7 nitrogen and oxygen atoms in total. The first-order valence-electron chi connectivity index (χ1n) is 9.48. The van der Waals surface area contributed by atoms with Crippen molar-refractivity contribution in [1.82, 2.24) is 5.48 Å². The van der Waals surface area contributed by atoms with E-state index in [0.29, 0.717) is 0 Å². The number of carbonyl (C=O) groups excluding carboxylic acids is 1. The van der Waals surface area contributed by atoms with Gasteiger partial charge in [-0.3, -0.25) is 4.79 Å². The highest BCUT2D eigenvalue weighted by Gasteiger charge is 2.41. The molecule has 8 heteroatoms. The minimum absolute atomic E-state index is 0.0579. The van der Waals surface area contributed by atoms with Crippen LogP contribution in [0.5, 0.6) is 5.75 Å². The fraction of sp³-hybridized carbons (Fsp3) is 0.130. The van der Waals surface area contributed by atoms with Crippen LogP contribution in [0.2, 0.25) is 0 Å². The van der Waals surface area contributed by atoms with Crippen molar-refractivity contribution in [2.24, 2.45) is 4.99 Å². The smallest absolute Gasteiger partial charge is 0.320 e. The molecule has 0 saturated heterocycles. The molecule has 3 aromatic rings. The van der Waals surface area contributed by atoms with E-state index in [0.717, 1.165) is 28.3 Å². The lowest BCUT2D eigenvalue weighted by Crippen LogP contribution is -2.27. The van der Waals surface area contributed by atoms with E-state index >= 15 is 0 Å². The van der Waals surface area contributed by atoms with Gasteiger partial charge in [0.05, 0.1) is 7.11 Å². The van der Waals surface area contributed by atoms with Gasteiger partial charge in [-0.25, -0.2) is 9.38 Å². The largest absolute Gasteiger partial charge is 0.497 e. The van der Waals surface area contributed by atoms with E-state index in [-0.39, 0.29) is 24.9 Å². The Morgan fingerprint density at radius 3 is 2.52 bits per heavy atom. The van der Waals surface area contributed by atoms with Gasteiger partial charge in [-0.05, 0) is 47.5 Å². The molecular weight excluding hydrogens is 401 g/mol. The van der Waals surface area contributed by atoms with Crippen LogP contribution in [-0.4, -0.2) is 26.2 Å². The number of nitrogens with zero attached hydrogens (tertiary/aromatic N) is 1. The Morgan fingerprint density at radius 1 is 1.03 bits per heavy atom. The van der Waals surface area contributed by atoms with Crippen LogP contribution in [0, 0.1) is 5.82 Å². The molecule has 4 rings (SSSR count). The molecule has 0 bridgehead atoms. The number of ether oxygens (including phenoxy) is 2. The molecule has 0 aromatic heterocycles. The van der Waals surface area contributed by atoms with Crippen LogP contribution in [0.1, 0.15) is 11.1 Å². The van der Waals surface area contributed by atoms with E-state index < -0.39 is 5.54 Å². The van der Waals surface area contributed by atoms with E-state index in [4.69, 9.17) is 9.47 Å². The summed E-state index contributed by atoms with van der Waals surface area (Å²) >= 11 is 0. The number of benzene rings is 3. The van der Waals surface area contributed by atoms with Gasteiger partial charge in [0.1, 0.15) is 18.2 Å². The maximum atomic E-state index is 13.6. The summed E-state index contributed by atoms with van der Waals surface area (Å²) in [6.45, 7) is 0.383. The average molecular weight is 421 g/mol. The van der Waals surface area contributed by atoms with Crippen molar-refractivity contribution in [2.45, 2.75) is 5.54 Å². The van der Waals surface area contributed by atoms with Gasteiger partial charge in [0.15, 0.2) is 5.54 Å². The van der Waals surface area contributed by atoms with Crippen LogP contribution in [0.4, 0.5) is 15.8 Å². The number of anilines is 2. The summed E-state index contributed by atoms with van der Waals surface area (Å²) < 4.78 is 24.5. The van der Waals surface area contributed by atoms with Gasteiger partial charge in [0, 0.05) is 17.4 Å². The number of aliphatic imine (C=N–C) groups is 1. The molecule has 0 amide bonds. The number of halogens is 1. The zero-order valence-corrected chi connectivity index (χ0v) is 16.7. The average Bonchev–Trinajstić information content (AvgIpc) is 3.24. The van der Waals surface area contributed by atoms with Crippen LogP contribution in [0.25, 0.3) is 0 Å². The summed E-state index contributed by atoms with van der Waals surface area (Å²) in [5.41, 5.74) is 4.64. The number of hydrogen-bond donors (Lipinski definition) is 2. The molecule has 0 fully saturated rings. The van der Waals surface area contributed by atoms with Gasteiger partial charge in [-0.2, -0.15) is 5.48 Å². The summed E-state index contributed by atoms with van der Waals surface area (Å²) in [6.07, 6.45) is 0. The van der Waals surface area contributed by atoms with Crippen molar-refractivity contribution >= 4 is 23.9 Å². The van der Waals surface area contributed by atoms with Gasteiger partial charge in [0.25, 0.3) is 0 Å². The monoisotopic (exact) mass is 421 g/mol. The zero-order valence-electron chi connectivity index (χ0n) is 16.7. The molecule has 3 aromatic carbocycles. The van der Waals surface area contributed by atoms with Crippen molar-refractivity contribution in [1.29, 1.82) is 0 Å². The summed E-state index contributed by atoms with van der Waals surface area (Å²) in [5.74, 6) is 0.390. The molecule has 1 unspecified atom stereocenters. The van der Waals surface area contributed by atoms with E-state index in [1.807, 2.05) is 48.5 Å². The summed E-state index contributed by atoms with van der Waals surface area (Å²) in [7, 11) is 1.62. The first-order valence-corrected chi connectivity index (χ1v) is 9.48. The highest BCUT2D eigenvalue weighted by Crippen LogP contribution is 2.39. The Bertz CT molecular complexity index is 1100. The number of amidine groups is 1. The van der Waals surface area contributed by atoms with Gasteiger partial charge in [-0.1, -0.05) is 30.3 Å².